The first-order valence-electron chi connectivity index (χ1n) is 7.79. The van der Waals surface area contributed by atoms with Gasteiger partial charge in [-0.15, -0.1) is 0 Å². The maximum Gasteiger partial charge on any atom is 0.0612 e. The molecule has 0 amide bonds. The molecule has 2 atom stereocenters. The second-order valence-corrected chi connectivity index (χ2v) is 6.19. The van der Waals surface area contributed by atoms with E-state index in [1.807, 2.05) is 0 Å². The van der Waals surface area contributed by atoms with Crippen LogP contribution in [-0.2, 0) is 4.74 Å². The highest BCUT2D eigenvalue weighted by molar-refractivity contribution is 4.85. The summed E-state index contributed by atoms with van der Waals surface area (Å²) in [4.78, 5) is 2.62. The van der Waals surface area contributed by atoms with E-state index < -0.39 is 0 Å². The number of rotatable bonds is 7. The zero-order valence-corrected chi connectivity index (χ0v) is 12.3. The van der Waals surface area contributed by atoms with Crippen LogP contribution >= 0.6 is 0 Å². The van der Waals surface area contributed by atoms with E-state index in [0.29, 0.717) is 18.1 Å². The number of hydrogen-bond acceptors (Lipinski definition) is 3. The third-order valence-corrected chi connectivity index (χ3v) is 4.36. The van der Waals surface area contributed by atoms with E-state index in [9.17, 15) is 0 Å². The van der Waals surface area contributed by atoms with Crippen molar-refractivity contribution < 1.29 is 4.74 Å². The summed E-state index contributed by atoms with van der Waals surface area (Å²) in [5.74, 6) is 0.646. The second kappa shape index (κ2) is 6.88. The van der Waals surface area contributed by atoms with Crippen molar-refractivity contribution in [2.75, 3.05) is 26.2 Å². The lowest BCUT2D eigenvalue weighted by Gasteiger charge is -2.33. The predicted octanol–water partition coefficient (Wildman–Crippen LogP) is 2.26. The number of nitrogens with zero attached hydrogens (tertiary/aromatic N) is 1. The van der Waals surface area contributed by atoms with Gasteiger partial charge in [0.05, 0.1) is 6.10 Å². The van der Waals surface area contributed by atoms with Gasteiger partial charge in [0.25, 0.3) is 0 Å². The van der Waals surface area contributed by atoms with Gasteiger partial charge in [-0.05, 0) is 38.1 Å². The second-order valence-electron chi connectivity index (χ2n) is 6.19. The summed E-state index contributed by atoms with van der Waals surface area (Å²) < 4.78 is 5.82. The van der Waals surface area contributed by atoms with E-state index >= 15 is 0 Å². The van der Waals surface area contributed by atoms with Gasteiger partial charge in [0.2, 0.25) is 0 Å². The Morgan fingerprint density at radius 1 is 1.28 bits per heavy atom. The van der Waals surface area contributed by atoms with E-state index in [1.54, 1.807) is 0 Å². The minimum Gasteiger partial charge on any atom is -0.378 e. The van der Waals surface area contributed by atoms with E-state index in [-0.39, 0.29) is 0 Å². The summed E-state index contributed by atoms with van der Waals surface area (Å²) >= 11 is 0. The monoisotopic (exact) mass is 254 g/mol. The quantitative estimate of drug-likeness (QED) is 0.754. The smallest absolute Gasteiger partial charge is 0.0612 e. The maximum atomic E-state index is 5.82. The average molecular weight is 254 g/mol. The van der Waals surface area contributed by atoms with Crippen molar-refractivity contribution in [2.24, 2.45) is 5.92 Å². The molecular weight excluding hydrogens is 224 g/mol. The molecule has 0 bridgehead atoms. The predicted molar refractivity (Wildman–Crippen MR) is 75.9 cm³/mol. The zero-order chi connectivity index (χ0) is 13.0. The van der Waals surface area contributed by atoms with Gasteiger partial charge in [-0.25, -0.2) is 0 Å². The number of ether oxygens (including phenoxy) is 1. The minimum atomic E-state index is 0.460. The molecule has 1 aliphatic carbocycles. The lowest BCUT2D eigenvalue weighted by Crippen LogP contribution is -2.43. The lowest BCUT2D eigenvalue weighted by atomic mass is 9.95. The summed E-state index contributed by atoms with van der Waals surface area (Å²) in [5.41, 5.74) is 0. The SMILES string of the molecule is CCN(CCNC1CCOC(C(C)C)C1)C1CC1. The highest BCUT2D eigenvalue weighted by Crippen LogP contribution is 2.26. The van der Waals surface area contributed by atoms with Crippen LogP contribution < -0.4 is 5.32 Å². The van der Waals surface area contributed by atoms with Crippen molar-refractivity contribution in [3.05, 3.63) is 0 Å². The Labute approximate surface area is 112 Å². The fourth-order valence-electron chi connectivity index (χ4n) is 2.93. The maximum absolute atomic E-state index is 5.82. The molecule has 1 N–H and O–H groups in total. The van der Waals surface area contributed by atoms with Crippen molar-refractivity contribution in [1.82, 2.24) is 10.2 Å². The number of hydrogen-bond donors (Lipinski definition) is 1. The minimum absolute atomic E-state index is 0.460. The molecule has 3 heteroatoms. The Bertz CT molecular complexity index is 241. The third kappa shape index (κ3) is 4.22. The van der Waals surface area contributed by atoms with Gasteiger partial charge in [-0.3, -0.25) is 4.90 Å². The molecule has 0 radical (unpaired) electrons. The van der Waals surface area contributed by atoms with Gasteiger partial charge < -0.3 is 10.1 Å². The lowest BCUT2D eigenvalue weighted by molar-refractivity contribution is -0.0245. The van der Waals surface area contributed by atoms with Crippen molar-refractivity contribution in [1.29, 1.82) is 0 Å². The molecular formula is C15H30N2O. The van der Waals surface area contributed by atoms with Crippen LogP contribution in [0.5, 0.6) is 0 Å². The molecule has 0 aromatic carbocycles. The Morgan fingerprint density at radius 3 is 2.67 bits per heavy atom. The summed E-state index contributed by atoms with van der Waals surface area (Å²) in [7, 11) is 0. The molecule has 2 rings (SSSR count). The molecule has 2 fully saturated rings. The van der Waals surface area contributed by atoms with Crippen LogP contribution in [0.1, 0.15) is 46.5 Å². The van der Waals surface area contributed by atoms with Gasteiger partial charge in [0.1, 0.15) is 0 Å². The van der Waals surface area contributed by atoms with Crippen LogP contribution in [0.25, 0.3) is 0 Å². The molecule has 0 aromatic heterocycles. The molecule has 1 saturated heterocycles. The molecule has 1 aliphatic heterocycles. The first-order valence-corrected chi connectivity index (χ1v) is 7.79. The molecule has 3 nitrogen and oxygen atoms in total. The average Bonchev–Trinajstić information content (AvgIpc) is 3.19. The van der Waals surface area contributed by atoms with Crippen LogP contribution in [0, 0.1) is 5.92 Å². The van der Waals surface area contributed by atoms with Gasteiger partial charge in [0.15, 0.2) is 0 Å². The molecule has 1 saturated carbocycles. The molecule has 2 unspecified atom stereocenters. The highest BCUT2D eigenvalue weighted by Gasteiger charge is 2.28. The molecule has 0 aromatic rings. The van der Waals surface area contributed by atoms with E-state index in [2.05, 4.69) is 31.0 Å². The molecule has 106 valence electrons. The molecule has 0 spiro atoms. The summed E-state index contributed by atoms with van der Waals surface area (Å²) in [6.07, 6.45) is 5.66. The Morgan fingerprint density at radius 2 is 2.06 bits per heavy atom. The fourth-order valence-corrected chi connectivity index (χ4v) is 2.93. The first-order chi connectivity index (χ1) is 8.70. The summed E-state index contributed by atoms with van der Waals surface area (Å²) in [5, 5.41) is 3.73. The van der Waals surface area contributed by atoms with Gasteiger partial charge >= 0.3 is 0 Å². The van der Waals surface area contributed by atoms with E-state index in [1.165, 1.54) is 38.8 Å². The topological polar surface area (TPSA) is 24.5 Å². The Kier molecular flexibility index (Phi) is 5.46. The third-order valence-electron chi connectivity index (χ3n) is 4.36. The van der Waals surface area contributed by atoms with Gasteiger partial charge in [0, 0.05) is 31.8 Å². The van der Waals surface area contributed by atoms with Gasteiger partial charge in [-0.2, -0.15) is 0 Å². The van der Waals surface area contributed by atoms with Crippen molar-refractivity contribution in [3.63, 3.8) is 0 Å². The largest absolute Gasteiger partial charge is 0.378 e. The van der Waals surface area contributed by atoms with Crippen LogP contribution in [0.4, 0.5) is 0 Å². The van der Waals surface area contributed by atoms with Crippen LogP contribution in [0.2, 0.25) is 0 Å². The highest BCUT2D eigenvalue weighted by atomic mass is 16.5. The zero-order valence-electron chi connectivity index (χ0n) is 12.3. The standard InChI is InChI=1S/C15H30N2O/c1-4-17(14-5-6-14)9-8-16-13-7-10-18-15(11-13)12(2)3/h12-16H,4-11H2,1-3H3. The van der Waals surface area contributed by atoms with Crippen LogP contribution in [-0.4, -0.2) is 49.3 Å². The first kappa shape index (κ1) is 14.3. The Hall–Kier alpha value is -0.120. The molecule has 1 heterocycles. The normalized spacial score (nSPS) is 29.2. The van der Waals surface area contributed by atoms with Crippen molar-refractivity contribution in [2.45, 2.75) is 64.6 Å². The summed E-state index contributed by atoms with van der Waals surface area (Å²) in [6, 6.07) is 1.57. The van der Waals surface area contributed by atoms with Crippen LogP contribution in [0.15, 0.2) is 0 Å². The van der Waals surface area contributed by atoms with Crippen molar-refractivity contribution in [3.8, 4) is 0 Å². The fraction of sp³-hybridized carbons (Fsp3) is 1.00. The van der Waals surface area contributed by atoms with Gasteiger partial charge in [-0.1, -0.05) is 20.8 Å². The van der Waals surface area contributed by atoms with E-state index in [0.717, 1.165) is 19.2 Å². The Balaban J connectivity index is 1.63. The molecule has 2 aliphatic rings. The number of nitrogens with one attached hydrogen (secondary N) is 1. The van der Waals surface area contributed by atoms with Crippen LogP contribution in [0.3, 0.4) is 0 Å². The van der Waals surface area contributed by atoms with Crippen molar-refractivity contribution >= 4 is 0 Å². The summed E-state index contributed by atoms with van der Waals surface area (Å²) in [6.45, 7) is 11.3. The molecule has 18 heavy (non-hydrogen) atoms. The van der Waals surface area contributed by atoms with E-state index in [4.69, 9.17) is 4.74 Å². The number of likely N-dealkylation sites (N-methyl/N-ethyl adjacent to an activating group) is 1.